The van der Waals surface area contributed by atoms with E-state index in [1.54, 1.807) is 45.0 Å². The highest BCUT2D eigenvalue weighted by molar-refractivity contribution is 5.90. The average molecular weight is 503 g/mol. The van der Waals surface area contributed by atoms with Crippen LogP contribution in [-0.4, -0.2) is 73.4 Å². The molecule has 1 saturated heterocycles. The van der Waals surface area contributed by atoms with Crippen molar-refractivity contribution in [2.45, 2.75) is 70.9 Å². The van der Waals surface area contributed by atoms with E-state index in [0.29, 0.717) is 19.4 Å². The zero-order chi connectivity index (χ0) is 26.3. The first kappa shape index (κ1) is 26.6. The molecule has 1 aromatic heterocycles. The maximum absolute atomic E-state index is 13.0. The predicted octanol–water partition coefficient (Wildman–Crippen LogP) is 1.32. The van der Waals surface area contributed by atoms with Gasteiger partial charge in [-0.2, -0.15) is 4.80 Å². The Kier molecular flexibility index (Phi) is 8.56. The van der Waals surface area contributed by atoms with Crippen molar-refractivity contribution in [3.8, 4) is 0 Å². The maximum Gasteiger partial charge on any atom is 0.408 e. The van der Waals surface area contributed by atoms with E-state index >= 15 is 0 Å². The minimum Gasteiger partial charge on any atom is -0.480 e. The second-order valence-electron chi connectivity index (χ2n) is 9.33. The van der Waals surface area contributed by atoms with Crippen molar-refractivity contribution in [3.05, 3.63) is 35.9 Å². The molecule has 0 spiro atoms. The molecular weight excluding hydrogens is 472 g/mol. The number of carbonyl (C=O) groups is 4. The van der Waals surface area contributed by atoms with E-state index in [2.05, 4.69) is 20.7 Å². The van der Waals surface area contributed by atoms with Gasteiger partial charge in [-0.05, 0) is 44.4 Å². The van der Waals surface area contributed by atoms with Crippen molar-refractivity contribution < 1.29 is 33.8 Å². The first-order valence-corrected chi connectivity index (χ1v) is 11.5. The summed E-state index contributed by atoms with van der Waals surface area (Å²) in [5.41, 5.74) is -0.0272. The number of hydrogen-bond acceptors (Lipinski definition) is 10. The third-order valence-corrected chi connectivity index (χ3v) is 5.22. The summed E-state index contributed by atoms with van der Waals surface area (Å²) < 4.78 is 10.5. The molecule has 2 N–H and O–H groups in total. The van der Waals surface area contributed by atoms with Gasteiger partial charge in [0.05, 0.1) is 6.42 Å². The maximum atomic E-state index is 13.0. The summed E-state index contributed by atoms with van der Waals surface area (Å²) in [5, 5.41) is 23.6. The number of benzene rings is 1. The van der Waals surface area contributed by atoms with Crippen LogP contribution in [-0.2, 0) is 37.0 Å². The monoisotopic (exact) mass is 502 g/mol. The number of rotatable bonds is 10. The number of hydrogen-bond donors (Lipinski definition) is 2. The number of anilines is 1. The largest absolute Gasteiger partial charge is 0.480 e. The molecular formula is C23H30N6O7. The molecule has 1 aliphatic heterocycles. The Balaban J connectivity index is 1.66. The van der Waals surface area contributed by atoms with Crippen LogP contribution >= 0.6 is 0 Å². The van der Waals surface area contributed by atoms with Crippen LogP contribution in [0.5, 0.6) is 0 Å². The summed E-state index contributed by atoms with van der Waals surface area (Å²) in [4.78, 5) is 51.7. The number of amides is 1. The highest BCUT2D eigenvalue weighted by atomic mass is 16.6. The highest BCUT2D eigenvalue weighted by Gasteiger charge is 2.34. The Bertz CT molecular complexity index is 1080. The summed E-state index contributed by atoms with van der Waals surface area (Å²) in [7, 11) is 0. The molecule has 1 amide bonds. The number of carboxylic acids is 1. The molecule has 1 aromatic carbocycles. The third kappa shape index (κ3) is 7.75. The summed E-state index contributed by atoms with van der Waals surface area (Å²) in [6, 6.07) is 6.95. The second kappa shape index (κ2) is 11.6. The van der Waals surface area contributed by atoms with Crippen molar-refractivity contribution >= 4 is 29.8 Å². The minimum atomic E-state index is -1.27. The Hall–Kier alpha value is -4.03. The van der Waals surface area contributed by atoms with Crippen LogP contribution in [0.15, 0.2) is 30.3 Å². The molecule has 2 atom stereocenters. The molecule has 13 heteroatoms. The van der Waals surface area contributed by atoms with Gasteiger partial charge in [0.1, 0.15) is 30.8 Å². The van der Waals surface area contributed by atoms with Crippen LogP contribution in [0.25, 0.3) is 0 Å². The van der Waals surface area contributed by atoms with Gasteiger partial charge in [0.25, 0.3) is 5.95 Å². The van der Waals surface area contributed by atoms with E-state index in [-0.39, 0.29) is 12.6 Å². The van der Waals surface area contributed by atoms with Crippen LogP contribution in [0.1, 0.15) is 45.6 Å². The van der Waals surface area contributed by atoms with E-state index in [1.165, 1.54) is 4.90 Å². The number of Topliss-reactive ketones (excluding diaryl/α,β-unsaturated/α-hetero) is 1. The van der Waals surface area contributed by atoms with Gasteiger partial charge in [0, 0.05) is 6.54 Å². The first-order chi connectivity index (χ1) is 17.0. The molecule has 194 valence electrons. The Morgan fingerprint density at radius 1 is 1.19 bits per heavy atom. The van der Waals surface area contributed by atoms with Crippen molar-refractivity contribution in [1.82, 2.24) is 25.5 Å². The molecule has 2 aromatic rings. The zero-order valence-electron chi connectivity index (χ0n) is 20.4. The summed E-state index contributed by atoms with van der Waals surface area (Å²) in [5.74, 6) is -2.17. The number of tetrazole rings is 1. The molecule has 1 unspecified atom stereocenters. The lowest BCUT2D eigenvalue weighted by Crippen LogP contribution is -2.45. The fourth-order valence-electron chi connectivity index (χ4n) is 3.63. The van der Waals surface area contributed by atoms with Crippen molar-refractivity contribution in [2.75, 3.05) is 11.4 Å². The fraction of sp³-hybridized carbons (Fsp3) is 0.522. The van der Waals surface area contributed by atoms with Gasteiger partial charge in [0.15, 0.2) is 5.78 Å². The van der Waals surface area contributed by atoms with E-state index in [1.807, 2.05) is 6.07 Å². The normalized spacial score (nSPS) is 16.3. The molecule has 0 aliphatic carbocycles. The van der Waals surface area contributed by atoms with Crippen LogP contribution in [0.4, 0.5) is 10.7 Å². The van der Waals surface area contributed by atoms with Crippen LogP contribution in [0.3, 0.4) is 0 Å². The fourth-order valence-corrected chi connectivity index (χ4v) is 3.63. The van der Waals surface area contributed by atoms with Crippen LogP contribution in [0, 0.1) is 0 Å². The Labute approximate surface area is 207 Å². The van der Waals surface area contributed by atoms with Gasteiger partial charge >= 0.3 is 18.0 Å². The SMILES string of the molecule is CC(C)(C)OC(=O)CC(NC(=O)OCc1ccccc1)C(=O)Cn1nnc(N2CCC[C@@H]2C(=O)O)n1. The van der Waals surface area contributed by atoms with Gasteiger partial charge < -0.3 is 24.8 Å². The average Bonchev–Trinajstić information content (AvgIpc) is 3.46. The number of carboxylic acid groups (broad SMARTS) is 1. The third-order valence-electron chi connectivity index (χ3n) is 5.22. The number of nitrogens with one attached hydrogen (secondary N) is 1. The molecule has 0 radical (unpaired) electrons. The van der Waals surface area contributed by atoms with Crippen molar-refractivity contribution in [3.63, 3.8) is 0 Å². The molecule has 3 rings (SSSR count). The molecule has 0 saturated carbocycles. The van der Waals surface area contributed by atoms with E-state index in [9.17, 15) is 24.3 Å². The number of ketones is 1. The lowest BCUT2D eigenvalue weighted by molar-refractivity contribution is -0.156. The van der Waals surface area contributed by atoms with Crippen LogP contribution < -0.4 is 10.2 Å². The molecule has 13 nitrogen and oxygen atoms in total. The van der Waals surface area contributed by atoms with Crippen LogP contribution in [0.2, 0.25) is 0 Å². The number of alkyl carbamates (subject to hydrolysis) is 1. The Morgan fingerprint density at radius 3 is 2.58 bits per heavy atom. The number of carbonyl (C=O) groups excluding carboxylic acids is 3. The van der Waals surface area contributed by atoms with Gasteiger partial charge in [-0.1, -0.05) is 35.4 Å². The summed E-state index contributed by atoms with van der Waals surface area (Å²) >= 11 is 0. The molecule has 0 bridgehead atoms. The summed E-state index contributed by atoms with van der Waals surface area (Å²) in [6.07, 6.45) is -0.187. The van der Waals surface area contributed by atoms with Crippen molar-refractivity contribution in [1.29, 1.82) is 0 Å². The quantitative estimate of drug-likeness (QED) is 0.450. The highest BCUT2D eigenvalue weighted by Crippen LogP contribution is 2.21. The molecule has 2 heterocycles. The molecule has 36 heavy (non-hydrogen) atoms. The van der Waals surface area contributed by atoms with Gasteiger partial charge in [-0.25, -0.2) is 9.59 Å². The number of aromatic nitrogens is 4. The predicted molar refractivity (Wildman–Crippen MR) is 125 cm³/mol. The first-order valence-electron chi connectivity index (χ1n) is 11.5. The van der Waals surface area contributed by atoms with Gasteiger partial charge in [0.2, 0.25) is 0 Å². The lowest BCUT2D eigenvalue weighted by Gasteiger charge is -2.22. The van der Waals surface area contributed by atoms with Crippen molar-refractivity contribution in [2.24, 2.45) is 0 Å². The van der Waals surface area contributed by atoms with E-state index in [0.717, 1.165) is 10.4 Å². The minimum absolute atomic E-state index is 0.0193. The molecule has 1 fully saturated rings. The summed E-state index contributed by atoms with van der Waals surface area (Å²) in [6.45, 7) is 5.08. The smallest absolute Gasteiger partial charge is 0.408 e. The Morgan fingerprint density at radius 2 is 1.92 bits per heavy atom. The molecule has 1 aliphatic rings. The number of nitrogens with zero attached hydrogens (tertiary/aromatic N) is 5. The van der Waals surface area contributed by atoms with E-state index in [4.69, 9.17) is 9.47 Å². The van der Waals surface area contributed by atoms with E-state index < -0.39 is 54.5 Å². The number of ether oxygens (including phenoxy) is 2. The van der Waals surface area contributed by atoms with Gasteiger partial charge in [-0.3, -0.25) is 9.59 Å². The number of aliphatic carboxylic acids is 1. The number of esters is 1. The lowest BCUT2D eigenvalue weighted by atomic mass is 10.1. The topological polar surface area (TPSA) is 166 Å². The zero-order valence-corrected chi connectivity index (χ0v) is 20.4. The van der Waals surface area contributed by atoms with Gasteiger partial charge in [-0.15, -0.1) is 5.10 Å². The second-order valence-corrected chi connectivity index (χ2v) is 9.33. The standard InChI is InChI=1S/C23H30N6O7/c1-23(2,3)36-19(31)12-16(24-22(34)35-14-15-8-5-4-6-9-15)18(30)13-29-26-21(25-27-29)28-11-7-10-17(28)20(32)33/h4-6,8-9,16-17H,7,10-14H2,1-3H3,(H,24,34)(H,32,33)/t16?,17-/m1/s1.